The largest absolute Gasteiger partial charge is 0.497 e. The minimum absolute atomic E-state index is 0.781. The highest BCUT2D eigenvalue weighted by molar-refractivity contribution is 7.22. The Morgan fingerprint density at radius 3 is 2.15 bits per heavy atom. The highest BCUT2D eigenvalue weighted by Gasteiger charge is 2.16. The molecular weight excluding hydrogens is 430 g/mol. The van der Waals surface area contributed by atoms with E-state index in [9.17, 15) is 0 Å². The minimum Gasteiger partial charge on any atom is -0.497 e. The van der Waals surface area contributed by atoms with E-state index in [-0.39, 0.29) is 0 Å². The van der Waals surface area contributed by atoms with E-state index in [1.807, 2.05) is 35.6 Å². The third-order valence-electron chi connectivity index (χ3n) is 6.00. The molecule has 0 atom stereocenters. The molecule has 5 rings (SSSR count). The molecule has 168 valence electrons. The van der Waals surface area contributed by atoms with Crippen LogP contribution >= 0.6 is 11.3 Å². The van der Waals surface area contributed by atoms with Gasteiger partial charge in [-0.25, -0.2) is 0 Å². The lowest BCUT2D eigenvalue weighted by Crippen LogP contribution is -2.36. The smallest absolute Gasteiger partial charge is 0.118 e. The van der Waals surface area contributed by atoms with Gasteiger partial charge in [0, 0.05) is 39.3 Å². The number of morpholine rings is 1. The first kappa shape index (κ1) is 21.6. The van der Waals surface area contributed by atoms with Gasteiger partial charge >= 0.3 is 0 Å². The van der Waals surface area contributed by atoms with Crippen LogP contribution in [-0.4, -0.2) is 40.5 Å². The van der Waals surface area contributed by atoms with Gasteiger partial charge < -0.3 is 19.1 Å². The van der Waals surface area contributed by atoms with E-state index in [0.29, 0.717) is 0 Å². The summed E-state index contributed by atoms with van der Waals surface area (Å²) in [5.41, 5.74) is 4.83. The Morgan fingerprint density at radius 2 is 1.48 bits per heavy atom. The fraction of sp³-hybridized carbons (Fsp3) is 0.214. The van der Waals surface area contributed by atoms with Gasteiger partial charge in [0.1, 0.15) is 11.5 Å². The van der Waals surface area contributed by atoms with E-state index in [1.165, 1.54) is 31.8 Å². The minimum atomic E-state index is 0.781. The lowest BCUT2D eigenvalue weighted by molar-refractivity contribution is 0.122. The number of benzene rings is 3. The number of hydrogen-bond donors (Lipinski definition) is 0. The van der Waals surface area contributed by atoms with E-state index < -0.39 is 0 Å². The molecule has 1 fully saturated rings. The van der Waals surface area contributed by atoms with Crippen LogP contribution in [0.3, 0.4) is 0 Å². The Balaban J connectivity index is 1.59. The average Bonchev–Trinajstić information content (AvgIpc) is 3.26. The third-order valence-corrected chi connectivity index (χ3v) is 7.23. The summed E-state index contributed by atoms with van der Waals surface area (Å²) in [5, 5.41) is 1.28. The summed E-state index contributed by atoms with van der Waals surface area (Å²) in [4.78, 5) is 3.67. The molecule has 5 heteroatoms. The molecule has 4 nitrogen and oxygen atoms in total. The van der Waals surface area contributed by atoms with Crippen molar-refractivity contribution in [3.63, 3.8) is 0 Å². The van der Waals surface area contributed by atoms with E-state index in [4.69, 9.17) is 14.2 Å². The highest BCUT2D eigenvalue weighted by atomic mass is 32.1. The van der Waals surface area contributed by atoms with Crippen molar-refractivity contribution in [2.45, 2.75) is 0 Å². The maximum Gasteiger partial charge on any atom is 0.118 e. The van der Waals surface area contributed by atoms with Crippen LogP contribution in [0.4, 0.5) is 5.69 Å². The van der Waals surface area contributed by atoms with Crippen LogP contribution in [0.25, 0.3) is 32.7 Å². The summed E-state index contributed by atoms with van der Waals surface area (Å²) in [6.07, 6.45) is 4.42. The van der Waals surface area contributed by atoms with Crippen LogP contribution in [0.5, 0.6) is 11.5 Å². The summed E-state index contributed by atoms with van der Waals surface area (Å²) >= 11 is 1.83. The Hall–Kier alpha value is -3.28. The monoisotopic (exact) mass is 457 g/mol. The summed E-state index contributed by atoms with van der Waals surface area (Å²) in [5.74, 6) is 1.73. The van der Waals surface area contributed by atoms with Gasteiger partial charge in [-0.1, -0.05) is 24.3 Å². The molecule has 0 amide bonds. The third kappa shape index (κ3) is 4.61. The molecular formula is C28H27NO3S. The molecule has 0 unspecified atom stereocenters. The normalized spacial score (nSPS) is 14.2. The number of rotatable bonds is 6. The summed E-state index contributed by atoms with van der Waals surface area (Å²) in [7, 11) is 3.39. The molecule has 4 aromatic rings. The van der Waals surface area contributed by atoms with E-state index >= 15 is 0 Å². The topological polar surface area (TPSA) is 30.9 Å². The van der Waals surface area contributed by atoms with Crippen molar-refractivity contribution in [3.05, 3.63) is 77.9 Å². The SMILES string of the molecule is COc1ccc(/C=C/c2c(-c3ccc(OC)cc3)sc3ccc(N4CCOCC4)cc23)cc1. The number of fused-ring (bicyclic) bond motifs is 1. The number of thiophene rings is 1. The summed E-state index contributed by atoms with van der Waals surface area (Å²) in [6, 6.07) is 23.3. The predicted molar refractivity (Wildman–Crippen MR) is 139 cm³/mol. The Labute approximate surface area is 198 Å². The molecule has 2 heterocycles. The molecule has 3 aromatic carbocycles. The number of methoxy groups -OCH3 is 2. The standard InChI is InChI=1S/C28H27NO3S/c1-30-23-9-3-20(4-10-23)5-13-25-26-19-22(29-15-17-32-18-16-29)8-14-27(26)33-28(25)21-6-11-24(31-2)12-7-21/h3-14,19H,15-18H2,1-2H3/b13-5+. The van der Waals surface area contributed by atoms with Gasteiger partial charge in [0.05, 0.1) is 27.4 Å². The average molecular weight is 458 g/mol. The van der Waals surface area contributed by atoms with Gasteiger partial charge in [-0.2, -0.15) is 0 Å². The first-order valence-corrected chi connectivity index (χ1v) is 11.9. The van der Waals surface area contributed by atoms with Crippen molar-refractivity contribution in [2.75, 3.05) is 45.4 Å². The molecule has 1 aliphatic rings. The van der Waals surface area contributed by atoms with Gasteiger partial charge in [0.15, 0.2) is 0 Å². The van der Waals surface area contributed by atoms with E-state index in [1.54, 1.807) is 14.2 Å². The molecule has 0 N–H and O–H groups in total. The van der Waals surface area contributed by atoms with Crippen LogP contribution in [-0.2, 0) is 4.74 Å². The van der Waals surface area contributed by atoms with Gasteiger partial charge in [0.2, 0.25) is 0 Å². The van der Waals surface area contributed by atoms with Crippen LogP contribution in [0.15, 0.2) is 66.7 Å². The number of hydrogen-bond acceptors (Lipinski definition) is 5. The second kappa shape index (κ2) is 9.69. The molecule has 0 aliphatic carbocycles. The maximum atomic E-state index is 5.55. The van der Waals surface area contributed by atoms with E-state index in [0.717, 1.165) is 43.4 Å². The van der Waals surface area contributed by atoms with Crippen molar-refractivity contribution >= 4 is 39.3 Å². The van der Waals surface area contributed by atoms with Crippen molar-refractivity contribution < 1.29 is 14.2 Å². The number of anilines is 1. The van der Waals surface area contributed by atoms with Crippen LogP contribution in [0, 0.1) is 0 Å². The molecule has 0 saturated carbocycles. The zero-order valence-electron chi connectivity index (χ0n) is 18.9. The lowest BCUT2D eigenvalue weighted by atomic mass is 10.0. The van der Waals surface area contributed by atoms with Gasteiger partial charge in [-0.15, -0.1) is 11.3 Å². The fourth-order valence-corrected chi connectivity index (χ4v) is 5.32. The highest BCUT2D eigenvalue weighted by Crippen LogP contribution is 2.41. The first-order valence-electron chi connectivity index (χ1n) is 11.1. The molecule has 33 heavy (non-hydrogen) atoms. The van der Waals surface area contributed by atoms with Crippen LogP contribution < -0.4 is 14.4 Å². The fourth-order valence-electron chi connectivity index (χ4n) is 4.14. The van der Waals surface area contributed by atoms with Crippen molar-refractivity contribution in [1.82, 2.24) is 0 Å². The van der Waals surface area contributed by atoms with Gasteiger partial charge in [-0.05, 0) is 65.7 Å². The van der Waals surface area contributed by atoms with Crippen LogP contribution in [0.2, 0.25) is 0 Å². The molecule has 0 spiro atoms. The van der Waals surface area contributed by atoms with E-state index in [2.05, 4.69) is 59.5 Å². The zero-order valence-corrected chi connectivity index (χ0v) is 19.7. The second-order valence-corrected chi connectivity index (χ2v) is 9.01. The van der Waals surface area contributed by atoms with Crippen LogP contribution in [0.1, 0.15) is 11.1 Å². The number of ether oxygens (including phenoxy) is 3. The first-order chi connectivity index (χ1) is 16.2. The predicted octanol–water partition coefficient (Wildman–Crippen LogP) is 6.59. The maximum absolute atomic E-state index is 5.55. The van der Waals surface area contributed by atoms with Crippen molar-refractivity contribution in [2.24, 2.45) is 0 Å². The summed E-state index contributed by atoms with van der Waals surface area (Å²) in [6.45, 7) is 3.42. The Bertz CT molecular complexity index is 1250. The molecule has 1 aliphatic heterocycles. The van der Waals surface area contributed by atoms with Crippen molar-refractivity contribution in [1.29, 1.82) is 0 Å². The zero-order chi connectivity index (χ0) is 22.6. The Morgan fingerprint density at radius 1 is 0.818 bits per heavy atom. The second-order valence-electron chi connectivity index (χ2n) is 7.96. The molecule has 0 bridgehead atoms. The van der Waals surface area contributed by atoms with Crippen molar-refractivity contribution in [3.8, 4) is 21.9 Å². The quantitative estimate of drug-likeness (QED) is 0.327. The molecule has 1 saturated heterocycles. The van der Waals surface area contributed by atoms with Gasteiger partial charge in [0.25, 0.3) is 0 Å². The Kier molecular flexibility index (Phi) is 6.33. The summed E-state index contributed by atoms with van der Waals surface area (Å²) < 4.78 is 17.5. The number of nitrogens with zero attached hydrogens (tertiary/aromatic N) is 1. The molecule has 1 aromatic heterocycles. The molecule has 0 radical (unpaired) electrons. The van der Waals surface area contributed by atoms with Gasteiger partial charge in [-0.3, -0.25) is 0 Å². The lowest BCUT2D eigenvalue weighted by Gasteiger charge is -2.28.